The van der Waals surface area contributed by atoms with Gasteiger partial charge in [-0.15, -0.1) is 5.10 Å². The molecule has 0 saturated heterocycles. The van der Waals surface area contributed by atoms with Gasteiger partial charge in [-0.2, -0.15) is 22.9 Å². The number of alkyl halides is 3. The number of aryl methyl sites for hydroxylation is 1. The molecule has 4 nitrogen and oxygen atoms in total. The van der Waals surface area contributed by atoms with Gasteiger partial charge in [-0.25, -0.2) is 5.10 Å². The highest BCUT2D eigenvalue weighted by atomic mass is 32.1. The van der Waals surface area contributed by atoms with Crippen LogP contribution in [0.3, 0.4) is 0 Å². The Morgan fingerprint density at radius 2 is 1.90 bits per heavy atom. The van der Waals surface area contributed by atoms with Gasteiger partial charge in [0.1, 0.15) is 0 Å². The summed E-state index contributed by atoms with van der Waals surface area (Å²) in [5.74, 6) is -1.17. The Labute approximate surface area is 117 Å². The number of nitrogens with zero attached hydrogens (tertiary/aromatic N) is 3. The molecule has 0 aliphatic carbocycles. The minimum absolute atomic E-state index is 0.205. The maximum Gasteiger partial charge on any atom is 0.453 e. The van der Waals surface area contributed by atoms with Crippen molar-refractivity contribution in [2.24, 2.45) is 5.10 Å². The molecule has 106 valence electrons. The van der Waals surface area contributed by atoms with Crippen LogP contribution in [0.5, 0.6) is 0 Å². The monoisotopic (exact) mass is 300 g/mol. The van der Waals surface area contributed by atoms with Gasteiger partial charge in [0.25, 0.3) is 5.82 Å². The maximum atomic E-state index is 12.7. The first-order valence-corrected chi connectivity index (χ1v) is 6.07. The van der Waals surface area contributed by atoms with Gasteiger partial charge in [-0.1, -0.05) is 29.8 Å². The van der Waals surface area contributed by atoms with Crippen LogP contribution in [0.1, 0.15) is 23.9 Å². The van der Waals surface area contributed by atoms with Gasteiger partial charge in [-0.05, 0) is 31.6 Å². The number of rotatable bonds is 2. The summed E-state index contributed by atoms with van der Waals surface area (Å²) < 4.78 is 38.6. The van der Waals surface area contributed by atoms with E-state index in [1.807, 2.05) is 19.1 Å². The summed E-state index contributed by atoms with van der Waals surface area (Å²) in [5, 5.41) is 9.16. The van der Waals surface area contributed by atoms with Crippen molar-refractivity contribution in [1.82, 2.24) is 14.9 Å². The average Bonchev–Trinajstić information content (AvgIpc) is 2.71. The van der Waals surface area contributed by atoms with Crippen LogP contribution >= 0.6 is 12.2 Å². The summed E-state index contributed by atoms with van der Waals surface area (Å²) in [7, 11) is 0. The Morgan fingerprint density at radius 3 is 2.45 bits per heavy atom. The van der Waals surface area contributed by atoms with Crippen molar-refractivity contribution in [2.75, 3.05) is 0 Å². The van der Waals surface area contributed by atoms with Crippen LogP contribution in [0, 0.1) is 11.7 Å². The van der Waals surface area contributed by atoms with Crippen molar-refractivity contribution in [3.05, 3.63) is 46.0 Å². The van der Waals surface area contributed by atoms with Crippen molar-refractivity contribution in [2.45, 2.75) is 20.0 Å². The first-order chi connectivity index (χ1) is 9.29. The van der Waals surface area contributed by atoms with E-state index in [0.717, 1.165) is 5.56 Å². The molecule has 0 spiro atoms. The molecule has 1 heterocycles. The lowest BCUT2D eigenvalue weighted by Gasteiger charge is -2.06. The van der Waals surface area contributed by atoms with Gasteiger partial charge in [0.2, 0.25) is 4.77 Å². The maximum absolute atomic E-state index is 12.7. The van der Waals surface area contributed by atoms with Crippen LogP contribution in [-0.2, 0) is 6.18 Å². The highest BCUT2D eigenvalue weighted by molar-refractivity contribution is 7.71. The van der Waals surface area contributed by atoms with E-state index in [9.17, 15) is 13.2 Å². The third-order valence-electron chi connectivity index (χ3n) is 2.62. The zero-order chi connectivity index (χ0) is 14.9. The van der Waals surface area contributed by atoms with Gasteiger partial charge >= 0.3 is 6.18 Å². The number of nitrogens with one attached hydrogen (secondary N) is 1. The molecular weight excluding hydrogens is 289 g/mol. The molecule has 2 aromatic rings. The van der Waals surface area contributed by atoms with E-state index >= 15 is 0 Å². The number of aromatic amines is 1. The Hall–Kier alpha value is -1.96. The smallest absolute Gasteiger partial charge is 0.250 e. The van der Waals surface area contributed by atoms with E-state index < -0.39 is 12.0 Å². The van der Waals surface area contributed by atoms with E-state index in [-0.39, 0.29) is 4.77 Å². The van der Waals surface area contributed by atoms with Crippen molar-refractivity contribution >= 4 is 17.9 Å². The standard InChI is InChI=1S/C12H11F3N4S/c1-7-3-5-9(6-4-7)8(2)18-19-10(12(13,14)15)16-17-11(19)20/h3-6H,1-2H3,(H,17,20)/b18-8+. The molecule has 20 heavy (non-hydrogen) atoms. The van der Waals surface area contributed by atoms with Crippen molar-refractivity contribution in [3.63, 3.8) is 0 Å². The zero-order valence-corrected chi connectivity index (χ0v) is 11.5. The van der Waals surface area contributed by atoms with E-state index in [0.29, 0.717) is 16.0 Å². The SMILES string of the molecule is C/C(=N\n1c(C(F)(F)F)n[nH]c1=S)c1ccc(C)cc1. The minimum atomic E-state index is -4.62. The second-order valence-corrected chi connectivity index (χ2v) is 4.60. The van der Waals surface area contributed by atoms with Gasteiger partial charge in [0.05, 0.1) is 5.71 Å². The molecule has 0 radical (unpaired) electrons. The summed E-state index contributed by atoms with van der Waals surface area (Å²) >= 11 is 4.77. The number of H-pyrrole nitrogens is 1. The summed E-state index contributed by atoms with van der Waals surface area (Å²) in [6.45, 7) is 3.53. The molecule has 2 rings (SSSR count). The zero-order valence-electron chi connectivity index (χ0n) is 10.7. The fourth-order valence-electron chi connectivity index (χ4n) is 1.57. The van der Waals surface area contributed by atoms with E-state index in [2.05, 4.69) is 15.3 Å². The molecule has 8 heteroatoms. The average molecular weight is 300 g/mol. The predicted molar refractivity (Wildman–Crippen MR) is 71.2 cm³/mol. The van der Waals surface area contributed by atoms with Gasteiger partial charge < -0.3 is 0 Å². The summed E-state index contributed by atoms with van der Waals surface area (Å²) in [6, 6.07) is 7.28. The van der Waals surface area contributed by atoms with Crippen molar-refractivity contribution < 1.29 is 13.2 Å². The third kappa shape index (κ3) is 2.96. The second kappa shape index (κ2) is 5.20. The number of halogens is 3. The molecule has 0 aliphatic heterocycles. The topological polar surface area (TPSA) is 46.0 Å². The van der Waals surface area contributed by atoms with Gasteiger partial charge in [0.15, 0.2) is 0 Å². The summed E-state index contributed by atoms with van der Waals surface area (Å²) in [5.41, 5.74) is 2.18. The third-order valence-corrected chi connectivity index (χ3v) is 2.89. The Kier molecular flexibility index (Phi) is 3.76. The summed E-state index contributed by atoms with van der Waals surface area (Å²) in [6.07, 6.45) is -4.62. The van der Waals surface area contributed by atoms with Crippen LogP contribution in [0.15, 0.2) is 29.4 Å². The van der Waals surface area contributed by atoms with Gasteiger partial charge in [-0.3, -0.25) is 0 Å². The van der Waals surface area contributed by atoms with Crippen LogP contribution in [0.25, 0.3) is 0 Å². The van der Waals surface area contributed by atoms with Crippen molar-refractivity contribution in [1.29, 1.82) is 0 Å². The first kappa shape index (κ1) is 14.4. The molecule has 1 aromatic carbocycles. The largest absolute Gasteiger partial charge is 0.453 e. The molecule has 0 amide bonds. The van der Waals surface area contributed by atoms with Crippen LogP contribution < -0.4 is 0 Å². The molecule has 0 saturated carbocycles. The highest BCUT2D eigenvalue weighted by Crippen LogP contribution is 2.27. The van der Waals surface area contributed by atoms with Gasteiger partial charge in [0, 0.05) is 0 Å². The molecule has 0 bridgehead atoms. The lowest BCUT2D eigenvalue weighted by Crippen LogP contribution is -2.14. The van der Waals surface area contributed by atoms with Crippen LogP contribution in [0.4, 0.5) is 13.2 Å². The fourth-order valence-corrected chi connectivity index (χ4v) is 1.74. The Balaban J connectivity index is 2.48. The molecular formula is C12H11F3N4S. The fraction of sp³-hybridized carbons (Fsp3) is 0.250. The number of hydrogen-bond acceptors (Lipinski definition) is 3. The molecule has 1 N–H and O–H groups in total. The lowest BCUT2D eigenvalue weighted by molar-refractivity contribution is -0.147. The van der Waals surface area contributed by atoms with E-state index in [1.165, 1.54) is 0 Å². The quantitative estimate of drug-likeness (QED) is 0.681. The molecule has 0 unspecified atom stereocenters. The van der Waals surface area contributed by atoms with E-state index in [1.54, 1.807) is 19.1 Å². The Bertz CT molecular complexity index is 695. The first-order valence-electron chi connectivity index (χ1n) is 5.66. The Morgan fingerprint density at radius 1 is 1.30 bits per heavy atom. The molecule has 0 atom stereocenters. The number of hydrogen-bond donors (Lipinski definition) is 1. The highest BCUT2D eigenvalue weighted by Gasteiger charge is 2.37. The van der Waals surface area contributed by atoms with Crippen molar-refractivity contribution in [3.8, 4) is 0 Å². The number of benzene rings is 1. The second-order valence-electron chi connectivity index (χ2n) is 4.21. The summed E-state index contributed by atoms with van der Waals surface area (Å²) in [4.78, 5) is 0. The number of aromatic nitrogens is 3. The lowest BCUT2D eigenvalue weighted by atomic mass is 10.1. The van der Waals surface area contributed by atoms with E-state index in [4.69, 9.17) is 12.2 Å². The van der Waals surface area contributed by atoms with Crippen LogP contribution in [0.2, 0.25) is 0 Å². The molecule has 0 aliphatic rings. The predicted octanol–water partition coefficient (Wildman–Crippen LogP) is 3.54. The molecule has 0 fully saturated rings. The minimum Gasteiger partial charge on any atom is -0.250 e. The van der Waals surface area contributed by atoms with Crippen LogP contribution in [-0.4, -0.2) is 20.6 Å². The normalized spacial score (nSPS) is 12.8. The molecule has 1 aromatic heterocycles.